The average Bonchev–Trinajstić information content (AvgIpc) is 1.81. The number of carbonyl (C=O) groups is 2. The molecule has 0 aromatic rings. The summed E-state index contributed by atoms with van der Waals surface area (Å²) in [5, 5.41) is 11.1. The van der Waals surface area contributed by atoms with Gasteiger partial charge in [-0.3, -0.25) is 9.59 Å². The zero-order chi connectivity index (χ0) is 9.02. The maximum atomic E-state index is 10.5. The van der Waals surface area contributed by atoms with Gasteiger partial charge in [-0.25, -0.2) is 0 Å². The number of carbonyl (C=O) groups excluding carboxylic acids is 2. The van der Waals surface area contributed by atoms with Crippen molar-refractivity contribution in [2.24, 2.45) is 5.73 Å². The van der Waals surface area contributed by atoms with Crippen molar-refractivity contribution in [3.63, 3.8) is 0 Å². The summed E-state index contributed by atoms with van der Waals surface area (Å²) < 4.78 is 0. The van der Waals surface area contributed by atoms with Crippen molar-refractivity contribution >= 4 is 11.8 Å². The largest absolute Gasteiger partial charge is 0.391 e. The van der Waals surface area contributed by atoms with E-state index in [1.807, 2.05) is 0 Å². The minimum absolute atomic E-state index is 0.394. The van der Waals surface area contributed by atoms with Crippen LogP contribution in [0.25, 0.3) is 0 Å². The van der Waals surface area contributed by atoms with Gasteiger partial charge in [-0.15, -0.1) is 0 Å². The Morgan fingerprint density at radius 2 is 2.00 bits per heavy atom. The number of primary amides is 1. The van der Waals surface area contributed by atoms with Gasteiger partial charge in [0.05, 0.1) is 6.10 Å². The fourth-order valence-corrected chi connectivity index (χ4v) is 0.648. The van der Waals surface area contributed by atoms with Gasteiger partial charge in [-0.1, -0.05) is 0 Å². The number of nitrogens with two attached hydrogens (primary N) is 1. The smallest absolute Gasteiger partial charge is 0.242 e. The van der Waals surface area contributed by atoms with Crippen LogP contribution in [0, 0.1) is 0 Å². The summed E-state index contributed by atoms with van der Waals surface area (Å²) in [7, 11) is 0. The summed E-state index contributed by atoms with van der Waals surface area (Å²) in [5.41, 5.74) is 4.87. The van der Waals surface area contributed by atoms with Crippen molar-refractivity contribution < 1.29 is 14.7 Å². The van der Waals surface area contributed by atoms with Crippen molar-refractivity contribution in [1.82, 2.24) is 5.32 Å². The summed E-state index contributed by atoms with van der Waals surface area (Å²) >= 11 is 0. The highest BCUT2D eigenvalue weighted by atomic mass is 16.3. The van der Waals surface area contributed by atoms with Gasteiger partial charge >= 0.3 is 0 Å². The van der Waals surface area contributed by atoms with E-state index < -0.39 is 24.0 Å². The number of hydrogen-bond donors (Lipinski definition) is 3. The van der Waals surface area contributed by atoms with Crippen molar-refractivity contribution in [2.45, 2.75) is 26.0 Å². The third-order valence-corrected chi connectivity index (χ3v) is 1.15. The van der Waals surface area contributed by atoms with Gasteiger partial charge in [-0.2, -0.15) is 0 Å². The molecule has 64 valence electrons. The van der Waals surface area contributed by atoms with E-state index in [2.05, 4.69) is 5.32 Å². The van der Waals surface area contributed by atoms with E-state index in [0.717, 1.165) is 0 Å². The monoisotopic (exact) mass is 160 g/mol. The molecule has 0 aromatic heterocycles. The van der Waals surface area contributed by atoms with E-state index in [0.29, 0.717) is 0 Å². The minimum atomic E-state index is -0.993. The molecule has 0 saturated heterocycles. The van der Waals surface area contributed by atoms with Crippen LogP contribution in [0.1, 0.15) is 13.8 Å². The number of hydrogen-bond acceptors (Lipinski definition) is 3. The number of nitrogens with one attached hydrogen (secondary N) is 1. The van der Waals surface area contributed by atoms with Crippen LogP contribution in [-0.2, 0) is 9.59 Å². The molecule has 0 heterocycles. The van der Waals surface area contributed by atoms with Gasteiger partial charge in [-0.05, 0) is 6.92 Å². The third-order valence-electron chi connectivity index (χ3n) is 1.15. The third kappa shape index (κ3) is 3.57. The number of rotatable bonds is 3. The zero-order valence-electron chi connectivity index (χ0n) is 6.50. The highest BCUT2D eigenvalue weighted by Gasteiger charge is 2.21. The number of amides is 2. The number of aliphatic hydroxyl groups is 1. The highest BCUT2D eigenvalue weighted by Crippen LogP contribution is 1.90. The fraction of sp³-hybridized carbons (Fsp3) is 0.667. The topological polar surface area (TPSA) is 92.4 Å². The van der Waals surface area contributed by atoms with Gasteiger partial charge in [0.2, 0.25) is 11.8 Å². The van der Waals surface area contributed by atoms with Gasteiger partial charge < -0.3 is 16.2 Å². The molecule has 4 N–H and O–H groups in total. The fourth-order valence-electron chi connectivity index (χ4n) is 0.648. The van der Waals surface area contributed by atoms with E-state index in [-0.39, 0.29) is 0 Å². The lowest BCUT2D eigenvalue weighted by Gasteiger charge is -2.16. The maximum Gasteiger partial charge on any atom is 0.242 e. The molecule has 0 unspecified atom stereocenters. The van der Waals surface area contributed by atoms with Gasteiger partial charge in [0.1, 0.15) is 6.04 Å². The van der Waals surface area contributed by atoms with Crippen molar-refractivity contribution in [3.05, 3.63) is 0 Å². The second-order valence-corrected chi connectivity index (χ2v) is 2.32. The molecule has 0 aliphatic carbocycles. The van der Waals surface area contributed by atoms with Crippen LogP contribution in [-0.4, -0.2) is 29.1 Å². The molecule has 0 radical (unpaired) electrons. The molecule has 0 spiro atoms. The van der Waals surface area contributed by atoms with Crippen molar-refractivity contribution in [1.29, 1.82) is 0 Å². The predicted octanol–water partition coefficient (Wildman–Crippen LogP) is -1.64. The Balaban J connectivity index is 4.12. The Bertz CT molecular complexity index is 167. The Morgan fingerprint density at radius 1 is 1.55 bits per heavy atom. The summed E-state index contributed by atoms with van der Waals surface area (Å²) in [5.74, 6) is -1.13. The second kappa shape index (κ2) is 3.92. The van der Waals surface area contributed by atoms with Gasteiger partial charge in [0.25, 0.3) is 0 Å². The molecule has 0 aliphatic heterocycles. The lowest BCUT2D eigenvalue weighted by Crippen LogP contribution is -2.50. The Hall–Kier alpha value is -1.10. The van der Waals surface area contributed by atoms with E-state index in [4.69, 9.17) is 10.8 Å². The summed E-state index contributed by atoms with van der Waals surface area (Å²) in [4.78, 5) is 21.0. The molecule has 0 bridgehead atoms. The second-order valence-electron chi connectivity index (χ2n) is 2.32. The maximum absolute atomic E-state index is 10.5. The quantitative estimate of drug-likeness (QED) is 0.462. The number of aliphatic hydroxyl groups excluding tert-OH is 1. The molecule has 2 amide bonds. The van der Waals surface area contributed by atoms with Crippen LogP contribution in [0.2, 0.25) is 0 Å². The zero-order valence-corrected chi connectivity index (χ0v) is 6.50. The Labute approximate surface area is 64.6 Å². The first-order chi connectivity index (χ1) is 4.95. The average molecular weight is 160 g/mol. The molecule has 0 fully saturated rings. The van der Waals surface area contributed by atoms with E-state index >= 15 is 0 Å². The molecular formula is C6H12N2O3. The highest BCUT2D eigenvalue weighted by molar-refractivity contribution is 5.86. The molecule has 11 heavy (non-hydrogen) atoms. The molecule has 0 rings (SSSR count). The summed E-state index contributed by atoms with van der Waals surface area (Å²) in [6, 6.07) is -0.993. The summed E-state index contributed by atoms with van der Waals surface area (Å²) in [6.45, 7) is 2.63. The van der Waals surface area contributed by atoms with Crippen molar-refractivity contribution in [3.8, 4) is 0 Å². The minimum Gasteiger partial charge on any atom is -0.391 e. The van der Waals surface area contributed by atoms with Gasteiger partial charge in [0, 0.05) is 6.92 Å². The normalized spacial score (nSPS) is 15.2. The molecule has 0 aromatic carbocycles. The van der Waals surface area contributed by atoms with E-state index in [1.165, 1.54) is 13.8 Å². The van der Waals surface area contributed by atoms with Crippen LogP contribution in [0.5, 0.6) is 0 Å². The molecule has 0 aliphatic rings. The van der Waals surface area contributed by atoms with E-state index in [9.17, 15) is 9.59 Å². The van der Waals surface area contributed by atoms with Crippen LogP contribution in [0.15, 0.2) is 0 Å². The van der Waals surface area contributed by atoms with Crippen LogP contribution in [0.3, 0.4) is 0 Å². The first kappa shape index (κ1) is 9.90. The Morgan fingerprint density at radius 3 is 2.09 bits per heavy atom. The van der Waals surface area contributed by atoms with E-state index in [1.54, 1.807) is 0 Å². The SMILES string of the molecule is CC(=O)N[C@H](C(N)=O)[C@@H](C)O. The molecule has 2 atom stereocenters. The lowest BCUT2D eigenvalue weighted by atomic mass is 10.2. The van der Waals surface area contributed by atoms with Gasteiger partial charge in [0.15, 0.2) is 0 Å². The first-order valence-electron chi connectivity index (χ1n) is 3.19. The van der Waals surface area contributed by atoms with Crippen LogP contribution >= 0.6 is 0 Å². The lowest BCUT2D eigenvalue weighted by molar-refractivity contribution is -0.128. The summed E-state index contributed by atoms with van der Waals surface area (Å²) in [6.07, 6.45) is -0.962. The molecule has 5 heteroatoms. The van der Waals surface area contributed by atoms with Crippen molar-refractivity contribution in [2.75, 3.05) is 0 Å². The standard InChI is InChI=1S/C6H12N2O3/c1-3(9)5(6(7)11)8-4(2)10/h3,5,9H,1-2H3,(H2,7,11)(H,8,10)/t3-,5+/m1/s1. The Kier molecular flexibility index (Phi) is 3.53. The predicted molar refractivity (Wildman–Crippen MR) is 38.5 cm³/mol. The molecule has 0 saturated carbocycles. The first-order valence-corrected chi connectivity index (χ1v) is 3.19. The molecule has 5 nitrogen and oxygen atoms in total. The van der Waals surface area contributed by atoms with Crippen LogP contribution in [0.4, 0.5) is 0 Å². The van der Waals surface area contributed by atoms with Crippen LogP contribution < -0.4 is 11.1 Å². The molecular weight excluding hydrogens is 148 g/mol.